The predicted molar refractivity (Wildman–Crippen MR) is 75.6 cm³/mol. The van der Waals surface area contributed by atoms with E-state index < -0.39 is 39.5 Å². The molecule has 21 heavy (non-hydrogen) atoms. The van der Waals surface area contributed by atoms with E-state index in [1.807, 2.05) is 0 Å². The lowest BCUT2D eigenvalue weighted by Crippen LogP contribution is -2.49. The fourth-order valence-electron chi connectivity index (χ4n) is 2.73. The minimum atomic E-state index is -3.74. The van der Waals surface area contributed by atoms with Crippen LogP contribution < -0.4 is 0 Å². The molecule has 1 aliphatic heterocycles. The molecule has 1 aromatic rings. The lowest BCUT2D eigenvalue weighted by Gasteiger charge is -2.36. The van der Waals surface area contributed by atoms with Crippen molar-refractivity contribution in [2.24, 2.45) is 5.92 Å². The third kappa shape index (κ3) is 3.41. The Bertz CT molecular complexity index is 632. The Kier molecular flexibility index (Phi) is 4.63. The number of benzene rings is 1. The molecule has 2 rings (SSSR count). The molecule has 0 radical (unpaired) electrons. The van der Waals surface area contributed by atoms with Crippen molar-refractivity contribution in [1.29, 1.82) is 0 Å². The molecule has 0 unspecified atom stereocenters. The number of rotatable bonds is 4. The number of halogens is 1. The zero-order valence-electron chi connectivity index (χ0n) is 11.7. The van der Waals surface area contributed by atoms with Crippen LogP contribution in [0.25, 0.3) is 0 Å². The summed E-state index contributed by atoms with van der Waals surface area (Å²) in [6.45, 7) is 1.87. The van der Waals surface area contributed by atoms with Crippen LogP contribution in [0, 0.1) is 11.7 Å². The van der Waals surface area contributed by atoms with Gasteiger partial charge in [-0.25, -0.2) is 12.8 Å². The Labute approximate surface area is 123 Å². The highest BCUT2D eigenvalue weighted by atomic mass is 32.2. The Hall–Kier alpha value is -1.47. The van der Waals surface area contributed by atoms with Crippen molar-refractivity contribution in [3.63, 3.8) is 0 Å². The van der Waals surface area contributed by atoms with E-state index in [9.17, 15) is 17.6 Å². The van der Waals surface area contributed by atoms with Crippen molar-refractivity contribution in [2.45, 2.75) is 31.6 Å². The molecule has 1 aliphatic rings. The third-order valence-corrected chi connectivity index (χ3v) is 5.81. The van der Waals surface area contributed by atoms with Gasteiger partial charge in [0.2, 0.25) is 10.0 Å². The minimum absolute atomic E-state index is 0.0992. The number of aliphatic carboxylic acids is 1. The standard InChI is InChI=1S/C14H18FNO4S/c1-10-12(14(17)18)6-4-8-16(10)21(19,20)9-11-5-2-3-7-13(11)15/h2-3,5,7,10,12H,4,6,8-9H2,1H3,(H,17,18)/t10-,12-/m1/s1. The summed E-state index contributed by atoms with van der Waals surface area (Å²) in [5.41, 5.74) is 0.0992. The second kappa shape index (κ2) is 6.11. The van der Waals surface area contributed by atoms with Gasteiger partial charge in [0, 0.05) is 18.2 Å². The number of carboxylic acids is 1. The molecule has 1 saturated heterocycles. The van der Waals surface area contributed by atoms with Gasteiger partial charge in [-0.2, -0.15) is 4.31 Å². The molecule has 0 aliphatic carbocycles. The van der Waals surface area contributed by atoms with Crippen LogP contribution in [0.3, 0.4) is 0 Å². The van der Waals surface area contributed by atoms with Gasteiger partial charge in [0.25, 0.3) is 0 Å². The van der Waals surface area contributed by atoms with E-state index in [-0.39, 0.29) is 12.1 Å². The summed E-state index contributed by atoms with van der Waals surface area (Å²) in [6.07, 6.45) is 0.958. The van der Waals surface area contributed by atoms with E-state index in [0.29, 0.717) is 12.8 Å². The second-order valence-corrected chi connectivity index (χ2v) is 7.21. The highest BCUT2D eigenvalue weighted by Gasteiger charge is 2.38. The summed E-state index contributed by atoms with van der Waals surface area (Å²) in [5, 5.41) is 9.14. The SMILES string of the molecule is C[C@@H]1[C@H](C(=O)O)CCCN1S(=O)(=O)Cc1ccccc1F. The molecular weight excluding hydrogens is 297 g/mol. The van der Waals surface area contributed by atoms with Crippen LogP contribution in [-0.2, 0) is 20.6 Å². The van der Waals surface area contributed by atoms with E-state index in [1.54, 1.807) is 13.0 Å². The van der Waals surface area contributed by atoms with Crippen LogP contribution in [0.2, 0.25) is 0 Å². The highest BCUT2D eigenvalue weighted by Crippen LogP contribution is 2.28. The first-order valence-electron chi connectivity index (χ1n) is 6.78. The van der Waals surface area contributed by atoms with Gasteiger partial charge < -0.3 is 5.11 Å². The maximum atomic E-state index is 13.6. The van der Waals surface area contributed by atoms with Crippen molar-refractivity contribution in [3.05, 3.63) is 35.6 Å². The molecule has 0 bridgehead atoms. The van der Waals surface area contributed by atoms with Crippen molar-refractivity contribution < 1.29 is 22.7 Å². The second-order valence-electron chi connectivity index (χ2n) is 5.29. The van der Waals surface area contributed by atoms with Gasteiger partial charge in [0.05, 0.1) is 11.7 Å². The van der Waals surface area contributed by atoms with Gasteiger partial charge in [-0.05, 0) is 25.8 Å². The number of carboxylic acid groups (broad SMARTS) is 1. The van der Waals surface area contributed by atoms with Crippen LogP contribution in [0.4, 0.5) is 4.39 Å². The van der Waals surface area contributed by atoms with Gasteiger partial charge in [0.15, 0.2) is 0 Å². The van der Waals surface area contributed by atoms with E-state index in [1.165, 1.54) is 22.5 Å². The molecule has 0 spiro atoms. The van der Waals surface area contributed by atoms with Crippen LogP contribution in [-0.4, -0.2) is 36.4 Å². The monoisotopic (exact) mass is 315 g/mol. The maximum absolute atomic E-state index is 13.6. The average molecular weight is 315 g/mol. The van der Waals surface area contributed by atoms with Crippen molar-refractivity contribution in [2.75, 3.05) is 6.54 Å². The molecule has 1 aromatic carbocycles. The number of nitrogens with zero attached hydrogens (tertiary/aromatic N) is 1. The topological polar surface area (TPSA) is 74.7 Å². The summed E-state index contributed by atoms with van der Waals surface area (Å²) in [5.74, 6) is -2.72. The van der Waals surface area contributed by atoms with Gasteiger partial charge in [-0.15, -0.1) is 0 Å². The molecular formula is C14H18FNO4S. The first kappa shape index (κ1) is 15.9. The summed E-state index contributed by atoms with van der Waals surface area (Å²) in [4.78, 5) is 11.2. The highest BCUT2D eigenvalue weighted by molar-refractivity contribution is 7.88. The number of hydrogen-bond donors (Lipinski definition) is 1. The Morgan fingerprint density at radius 2 is 2.10 bits per heavy atom. The molecule has 1 heterocycles. The number of hydrogen-bond acceptors (Lipinski definition) is 3. The largest absolute Gasteiger partial charge is 0.481 e. The Balaban J connectivity index is 2.23. The van der Waals surface area contributed by atoms with Crippen LogP contribution >= 0.6 is 0 Å². The lowest BCUT2D eigenvalue weighted by molar-refractivity contribution is -0.144. The first-order chi connectivity index (χ1) is 9.83. The first-order valence-corrected chi connectivity index (χ1v) is 8.39. The average Bonchev–Trinajstić information content (AvgIpc) is 2.41. The predicted octanol–water partition coefficient (Wildman–Crippen LogP) is 1.84. The zero-order chi connectivity index (χ0) is 15.6. The van der Waals surface area contributed by atoms with Crippen molar-refractivity contribution in [3.8, 4) is 0 Å². The quantitative estimate of drug-likeness (QED) is 0.920. The molecule has 2 atom stereocenters. The van der Waals surface area contributed by atoms with Crippen LogP contribution in [0.1, 0.15) is 25.3 Å². The molecule has 0 amide bonds. The zero-order valence-corrected chi connectivity index (χ0v) is 12.5. The van der Waals surface area contributed by atoms with Gasteiger partial charge in [-0.1, -0.05) is 18.2 Å². The van der Waals surface area contributed by atoms with E-state index in [4.69, 9.17) is 5.11 Å². The molecule has 5 nitrogen and oxygen atoms in total. The number of sulfonamides is 1. The van der Waals surface area contributed by atoms with Crippen molar-refractivity contribution in [1.82, 2.24) is 4.31 Å². The van der Waals surface area contributed by atoms with E-state index >= 15 is 0 Å². The fraction of sp³-hybridized carbons (Fsp3) is 0.500. The smallest absolute Gasteiger partial charge is 0.308 e. The van der Waals surface area contributed by atoms with E-state index in [2.05, 4.69) is 0 Å². The summed E-state index contributed by atoms with van der Waals surface area (Å²) in [7, 11) is -3.74. The normalized spacial score (nSPS) is 23.9. The molecule has 1 fully saturated rings. The van der Waals surface area contributed by atoms with Crippen molar-refractivity contribution >= 4 is 16.0 Å². The van der Waals surface area contributed by atoms with Crippen LogP contribution in [0.15, 0.2) is 24.3 Å². The Morgan fingerprint density at radius 3 is 2.71 bits per heavy atom. The maximum Gasteiger partial charge on any atom is 0.308 e. The number of carbonyl (C=O) groups is 1. The Morgan fingerprint density at radius 1 is 1.43 bits per heavy atom. The fourth-order valence-corrected chi connectivity index (χ4v) is 4.58. The molecule has 116 valence electrons. The minimum Gasteiger partial charge on any atom is -0.481 e. The molecule has 0 aromatic heterocycles. The van der Waals surface area contributed by atoms with Crippen LogP contribution in [0.5, 0.6) is 0 Å². The van der Waals surface area contributed by atoms with Gasteiger partial charge in [-0.3, -0.25) is 4.79 Å². The molecule has 7 heteroatoms. The van der Waals surface area contributed by atoms with Gasteiger partial charge in [0.1, 0.15) is 5.82 Å². The molecule has 1 N–H and O–H groups in total. The lowest BCUT2D eigenvalue weighted by atomic mass is 9.92. The molecule has 0 saturated carbocycles. The van der Waals surface area contributed by atoms with E-state index in [0.717, 1.165) is 0 Å². The summed E-state index contributed by atoms with van der Waals surface area (Å²) in [6, 6.07) is 5.09. The number of piperidine rings is 1. The summed E-state index contributed by atoms with van der Waals surface area (Å²) >= 11 is 0. The summed E-state index contributed by atoms with van der Waals surface area (Å²) < 4.78 is 39.7. The third-order valence-electron chi connectivity index (χ3n) is 3.90. The van der Waals surface area contributed by atoms with Gasteiger partial charge >= 0.3 is 5.97 Å².